The molecule has 0 unspecified atom stereocenters. The molecule has 1 aromatic rings. The first-order valence-corrected chi connectivity index (χ1v) is 7.52. The molecule has 1 fully saturated rings. The summed E-state index contributed by atoms with van der Waals surface area (Å²) < 4.78 is 32.6. The van der Waals surface area contributed by atoms with Crippen LogP contribution in [0.3, 0.4) is 0 Å². The highest BCUT2D eigenvalue weighted by Crippen LogP contribution is 2.34. The van der Waals surface area contributed by atoms with Crippen LogP contribution < -0.4 is 11.5 Å². The molecule has 1 saturated carbocycles. The maximum Gasteiger partial charge on any atom is 0.284 e. The number of nitrogens with two attached hydrogens (primary N) is 2. The van der Waals surface area contributed by atoms with Gasteiger partial charge in [0.15, 0.2) is 5.69 Å². The SMILES string of the molecule is NCCCOC[C@H]1CC[C@H](n2cc(N)c(C(F)F)n2)CC1. The van der Waals surface area contributed by atoms with Gasteiger partial charge in [0.05, 0.1) is 11.7 Å². The molecule has 1 aliphatic carbocycles. The van der Waals surface area contributed by atoms with Crippen LogP contribution >= 0.6 is 0 Å². The summed E-state index contributed by atoms with van der Waals surface area (Å²) in [6.07, 6.45) is 3.71. The van der Waals surface area contributed by atoms with Gasteiger partial charge in [0.2, 0.25) is 0 Å². The number of ether oxygens (including phenoxy) is 1. The Labute approximate surface area is 123 Å². The molecule has 0 bridgehead atoms. The van der Waals surface area contributed by atoms with E-state index in [1.54, 1.807) is 4.68 Å². The third kappa shape index (κ3) is 4.38. The zero-order valence-corrected chi connectivity index (χ0v) is 12.2. The van der Waals surface area contributed by atoms with Gasteiger partial charge in [-0.1, -0.05) is 0 Å². The molecular weight excluding hydrogens is 278 g/mol. The predicted octanol–water partition coefficient (Wildman–Crippen LogP) is 2.50. The van der Waals surface area contributed by atoms with Gasteiger partial charge in [0.25, 0.3) is 6.43 Å². The Morgan fingerprint density at radius 3 is 2.62 bits per heavy atom. The van der Waals surface area contributed by atoms with Crippen molar-refractivity contribution in [1.29, 1.82) is 0 Å². The van der Waals surface area contributed by atoms with Crippen molar-refractivity contribution >= 4 is 5.69 Å². The molecule has 1 aromatic heterocycles. The molecular formula is C14H24F2N4O. The van der Waals surface area contributed by atoms with Crippen molar-refractivity contribution in [3.05, 3.63) is 11.9 Å². The quantitative estimate of drug-likeness (QED) is 0.758. The van der Waals surface area contributed by atoms with Gasteiger partial charge in [0, 0.05) is 19.4 Å². The fraction of sp³-hybridized carbons (Fsp3) is 0.786. The van der Waals surface area contributed by atoms with Crippen molar-refractivity contribution in [2.75, 3.05) is 25.5 Å². The monoisotopic (exact) mass is 302 g/mol. The summed E-state index contributed by atoms with van der Waals surface area (Å²) in [7, 11) is 0. The lowest BCUT2D eigenvalue weighted by atomic mass is 9.86. The number of aromatic nitrogens is 2. The van der Waals surface area contributed by atoms with E-state index < -0.39 is 6.43 Å². The molecule has 0 atom stereocenters. The summed E-state index contributed by atoms with van der Waals surface area (Å²) in [6.45, 7) is 2.13. The summed E-state index contributed by atoms with van der Waals surface area (Å²) in [5, 5.41) is 3.94. The van der Waals surface area contributed by atoms with Crippen molar-refractivity contribution in [3.63, 3.8) is 0 Å². The van der Waals surface area contributed by atoms with Crippen LogP contribution in [-0.2, 0) is 4.74 Å². The first-order valence-electron chi connectivity index (χ1n) is 7.52. The number of hydrogen-bond acceptors (Lipinski definition) is 4. The molecule has 1 aliphatic rings. The van der Waals surface area contributed by atoms with Crippen molar-refractivity contribution < 1.29 is 13.5 Å². The normalized spacial score (nSPS) is 22.9. The van der Waals surface area contributed by atoms with Gasteiger partial charge in [-0.15, -0.1) is 0 Å². The fourth-order valence-electron chi connectivity index (χ4n) is 2.79. The van der Waals surface area contributed by atoms with Gasteiger partial charge in [-0.2, -0.15) is 5.10 Å². The first-order chi connectivity index (χ1) is 10.1. The first kappa shape index (κ1) is 16.2. The van der Waals surface area contributed by atoms with Crippen LogP contribution in [-0.4, -0.2) is 29.5 Å². The van der Waals surface area contributed by atoms with Crippen LogP contribution in [0.15, 0.2) is 6.20 Å². The molecule has 0 saturated heterocycles. The third-order valence-electron chi connectivity index (χ3n) is 4.03. The zero-order chi connectivity index (χ0) is 15.2. The number of hydrogen-bond donors (Lipinski definition) is 2. The molecule has 21 heavy (non-hydrogen) atoms. The molecule has 120 valence electrons. The molecule has 0 radical (unpaired) electrons. The van der Waals surface area contributed by atoms with E-state index in [1.165, 1.54) is 6.20 Å². The molecule has 2 rings (SSSR count). The highest BCUT2D eigenvalue weighted by molar-refractivity contribution is 5.41. The highest BCUT2D eigenvalue weighted by Gasteiger charge is 2.25. The van der Waals surface area contributed by atoms with Crippen molar-refractivity contribution in [2.45, 2.75) is 44.6 Å². The highest BCUT2D eigenvalue weighted by atomic mass is 19.3. The van der Waals surface area contributed by atoms with E-state index in [0.717, 1.165) is 38.7 Å². The number of halogens is 2. The van der Waals surface area contributed by atoms with E-state index in [0.29, 0.717) is 19.1 Å². The zero-order valence-electron chi connectivity index (χ0n) is 12.2. The van der Waals surface area contributed by atoms with Gasteiger partial charge in [0.1, 0.15) is 0 Å². The molecule has 0 spiro atoms. The van der Waals surface area contributed by atoms with Gasteiger partial charge >= 0.3 is 0 Å². The number of rotatable bonds is 7. The second-order valence-electron chi connectivity index (χ2n) is 5.64. The molecule has 5 nitrogen and oxygen atoms in total. The number of nitrogens with zero attached hydrogens (tertiary/aromatic N) is 2. The second-order valence-corrected chi connectivity index (χ2v) is 5.64. The Hall–Kier alpha value is -1.21. The van der Waals surface area contributed by atoms with Gasteiger partial charge in [-0.25, -0.2) is 8.78 Å². The van der Waals surface area contributed by atoms with Gasteiger partial charge < -0.3 is 16.2 Å². The minimum absolute atomic E-state index is 0.0808. The topological polar surface area (TPSA) is 79.1 Å². The Balaban J connectivity index is 1.79. The lowest BCUT2D eigenvalue weighted by Crippen LogP contribution is -2.22. The van der Waals surface area contributed by atoms with Crippen molar-refractivity contribution in [1.82, 2.24) is 9.78 Å². The summed E-state index contributed by atoms with van der Waals surface area (Å²) in [4.78, 5) is 0. The van der Waals surface area contributed by atoms with Crippen LogP contribution in [0.5, 0.6) is 0 Å². The molecule has 1 heterocycles. The Morgan fingerprint density at radius 1 is 1.33 bits per heavy atom. The van der Waals surface area contributed by atoms with E-state index in [2.05, 4.69) is 5.10 Å². The summed E-state index contributed by atoms with van der Waals surface area (Å²) in [5.74, 6) is 0.543. The largest absolute Gasteiger partial charge is 0.396 e. The summed E-state index contributed by atoms with van der Waals surface area (Å²) in [5.41, 5.74) is 10.8. The van der Waals surface area contributed by atoms with Crippen LogP contribution in [0.1, 0.15) is 50.3 Å². The maximum atomic E-state index is 12.7. The standard InChI is InChI=1S/C14H24F2N4O/c15-14(16)13-12(18)8-20(19-13)11-4-2-10(3-5-11)9-21-7-1-6-17/h8,10-11,14H,1-7,9,17-18H2/t10-,11-. The summed E-state index contributed by atoms with van der Waals surface area (Å²) >= 11 is 0. The Kier molecular flexibility index (Phi) is 5.93. The molecule has 0 aliphatic heterocycles. The predicted molar refractivity (Wildman–Crippen MR) is 77.1 cm³/mol. The van der Waals surface area contributed by atoms with E-state index in [1.807, 2.05) is 0 Å². The lowest BCUT2D eigenvalue weighted by molar-refractivity contribution is 0.0768. The van der Waals surface area contributed by atoms with Gasteiger partial charge in [-0.05, 0) is 44.6 Å². The molecule has 0 aromatic carbocycles. The van der Waals surface area contributed by atoms with Crippen LogP contribution in [0, 0.1) is 5.92 Å². The molecule has 4 N–H and O–H groups in total. The van der Waals surface area contributed by atoms with E-state index in [4.69, 9.17) is 16.2 Å². The number of nitrogen functional groups attached to an aromatic ring is 1. The third-order valence-corrected chi connectivity index (χ3v) is 4.03. The van der Waals surface area contributed by atoms with E-state index >= 15 is 0 Å². The maximum absolute atomic E-state index is 12.7. The Morgan fingerprint density at radius 2 is 2.05 bits per heavy atom. The average Bonchev–Trinajstić information content (AvgIpc) is 2.86. The molecule has 0 amide bonds. The molecule has 7 heteroatoms. The second kappa shape index (κ2) is 7.70. The van der Waals surface area contributed by atoms with Crippen molar-refractivity contribution in [2.24, 2.45) is 11.7 Å². The smallest absolute Gasteiger partial charge is 0.284 e. The number of alkyl halides is 2. The van der Waals surface area contributed by atoms with Crippen LogP contribution in [0.4, 0.5) is 14.5 Å². The fourth-order valence-corrected chi connectivity index (χ4v) is 2.79. The lowest BCUT2D eigenvalue weighted by Gasteiger charge is -2.28. The van der Waals surface area contributed by atoms with E-state index in [9.17, 15) is 8.78 Å². The summed E-state index contributed by atoms with van der Waals surface area (Å²) in [6, 6.07) is 0.167. The van der Waals surface area contributed by atoms with Gasteiger partial charge in [-0.3, -0.25) is 4.68 Å². The number of anilines is 1. The van der Waals surface area contributed by atoms with E-state index in [-0.39, 0.29) is 17.4 Å². The van der Waals surface area contributed by atoms with Crippen LogP contribution in [0.25, 0.3) is 0 Å². The average molecular weight is 302 g/mol. The minimum Gasteiger partial charge on any atom is -0.396 e. The Bertz CT molecular complexity index is 431. The van der Waals surface area contributed by atoms with Crippen molar-refractivity contribution in [3.8, 4) is 0 Å². The minimum atomic E-state index is -2.61. The van der Waals surface area contributed by atoms with Crippen LogP contribution in [0.2, 0.25) is 0 Å².